The van der Waals surface area contributed by atoms with E-state index < -0.39 is 5.60 Å². The number of carbonyl (C=O) groups excluding carboxylic acids is 2. The van der Waals surface area contributed by atoms with Gasteiger partial charge in [0.25, 0.3) is 5.91 Å². The number of nitrogens with one attached hydrogen (secondary N) is 1. The van der Waals surface area contributed by atoms with Crippen molar-refractivity contribution < 1.29 is 18.8 Å². The Morgan fingerprint density at radius 3 is 2.52 bits per heavy atom. The van der Waals surface area contributed by atoms with Gasteiger partial charge < -0.3 is 10.1 Å². The molecule has 1 heterocycles. The molecule has 1 unspecified atom stereocenters. The monoisotopic (exact) mass is 347 g/mol. The summed E-state index contributed by atoms with van der Waals surface area (Å²) in [6.07, 6.45) is 3.06. The zero-order chi connectivity index (χ0) is 18.5. The average molecular weight is 347 g/mol. The lowest BCUT2D eigenvalue weighted by Crippen LogP contribution is -2.62. The summed E-state index contributed by atoms with van der Waals surface area (Å²) in [6.45, 7) is 6.91. The second kappa shape index (κ2) is 8.00. The van der Waals surface area contributed by atoms with Crippen molar-refractivity contribution >= 4 is 12.0 Å². The highest BCUT2D eigenvalue weighted by Gasteiger charge is 2.53. The minimum Gasteiger partial charge on any atom is -0.414 e. The third kappa shape index (κ3) is 4.82. The van der Waals surface area contributed by atoms with Gasteiger partial charge in [-0.25, -0.2) is 4.48 Å². The number of carbonyl (C=O) groups is 2. The van der Waals surface area contributed by atoms with Crippen LogP contribution in [0.1, 0.15) is 45.6 Å². The molecule has 5 heteroatoms. The number of likely N-dealkylation sites (N-methyl/N-ethyl adjacent to an activating group) is 1. The number of hydrogen-bond acceptors (Lipinski definition) is 3. The minimum atomic E-state index is -0.558. The quantitative estimate of drug-likeness (QED) is 0.832. The van der Waals surface area contributed by atoms with Crippen molar-refractivity contribution in [2.24, 2.45) is 0 Å². The number of quaternary nitrogens is 1. The van der Waals surface area contributed by atoms with E-state index in [-0.39, 0.29) is 22.5 Å². The van der Waals surface area contributed by atoms with Gasteiger partial charge in [-0.15, -0.1) is 0 Å². The van der Waals surface area contributed by atoms with Crippen LogP contribution in [0.3, 0.4) is 0 Å². The summed E-state index contributed by atoms with van der Waals surface area (Å²) >= 11 is 0. The first-order valence-electron chi connectivity index (χ1n) is 9.14. The Hall–Kier alpha value is -1.88. The van der Waals surface area contributed by atoms with Crippen LogP contribution in [-0.4, -0.2) is 48.3 Å². The molecule has 0 aliphatic carbocycles. The zero-order valence-corrected chi connectivity index (χ0v) is 15.9. The Labute approximate surface area is 150 Å². The molecule has 2 amide bonds. The van der Waals surface area contributed by atoms with E-state index in [4.69, 9.17) is 4.74 Å². The number of amides is 2. The van der Waals surface area contributed by atoms with Crippen LogP contribution >= 0.6 is 0 Å². The molecule has 1 aliphatic rings. The second-order valence-electron chi connectivity index (χ2n) is 7.82. The molecule has 2 atom stereocenters. The fourth-order valence-electron chi connectivity index (χ4n) is 3.63. The zero-order valence-electron chi connectivity index (χ0n) is 15.9. The van der Waals surface area contributed by atoms with Gasteiger partial charge in [0.15, 0.2) is 6.04 Å². The maximum Gasteiger partial charge on any atom is 0.517 e. The molecule has 0 radical (unpaired) electrons. The van der Waals surface area contributed by atoms with Crippen molar-refractivity contribution in [2.75, 3.05) is 20.1 Å². The first kappa shape index (κ1) is 19.4. The van der Waals surface area contributed by atoms with E-state index >= 15 is 0 Å². The third-order valence-corrected chi connectivity index (χ3v) is 4.80. The van der Waals surface area contributed by atoms with Crippen LogP contribution in [0.4, 0.5) is 4.79 Å². The van der Waals surface area contributed by atoms with Crippen LogP contribution in [0.5, 0.6) is 0 Å². The normalized spacial score (nSPS) is 23.3. The minimum absolute atomic E-state index is 0.0666. The smallest absolute Gasteiger partial charge is 0.414 e. The van der Waals surface area contributed by atoms with Crippen molar-refractivity contribution in [1.29, 1.82) is 0 Å². The summed E-state index contributed by atoms with van der Waals surface area (Å²) < 4.78 is 5.82. The number of likely N-dealkylation sites (tertiary alicyclic amines) is 1. The fraction of sp³-hybridized carbons (Fsp3) is 0.600. The summed E-state index contributed by atoms with van der Waals surface area (Å²) in [7, 11) is 1.63. The molecule has 0 bridgehead atoms. The van der Waals surface area contributed by atoms with Gasteiger partial charge in [0.2, 0.25) is 0 Å². The van der Waals surface area contributed by atoms with Crippen LogP contribution < -0.4 is 5.32 Å². The first-order chi connectivity index (χ1) is 11.8. The number of benzene rings is 1. The molecule has 1 N–H and O–H groups in total. The summed E-state index contributed by atoms with van der Waals surface area (Å²) in [5.74, 6) is -0.0666. The molecule has 138 valence electrons. The molecule has 0 saturated carbocycles. The largest absolute Gasteiger partial charge is 0.517 e. The lowest BCUT2D eigenvalue weighted by atomic mass is 10.1. The van der Waals surface area contributed by atoms with Crippen molar-refractivity contribution in [2.45, 2.75) is 58.1 Å². The van der Waals surface area contributed by atoms with Crippen molar-refractivity contribution in [3.63, 3.8) is 0 Å². The van der Waals surface area contributed by atoms with Gasteiger partial charge in [-0.1, -0.05) is 30.3 Å². The molecule has 1 saturated heterocycles. The average Bonchev–Trinajstić information content (AvgIpc) is 2.99. The summed E-state index contributed by atoms with van der Waals surface area (Å²) in [5, 5.41) is 2.73. The maximum atomic E-state index is 13.0. The van der Waals surface area contributed by atoms with Crippen LogP contribution in [0.15, 0.2) is 30.3 Å². The topological polar surface area (TPSA) is 55.4 Å². The number of hydrogen-bond donors (Lipinski definition) is 1. The Morgan fingerprint density at radius 1 is 1.24 bits per heavy atom. The summed E-state index contributed by atoms with van der Waals surface area (Å²) in [4.78, 5) is 25.4. The predicted molar refractivity (Wildman–Crippen MR) is 98.1 cm³/mol. The number of rotatable bonds is 5. The highest BCUT2D eigenvalue weighted by molar-refractivity contribution is 5.82. The second-order valence-corrected chi connectivity index (χ2v) is 7.82. The highest BCUT2D eigenvalue weighted by atomic mass is 16.6. The SMILES string of the molecule is CNC(=O)[C@@H]1CCC[N+]1(CCCc1ccccc1)C(=O)OC(C)(C)C. The van der Waals surface area contributed by atoms with E-state index in [1.54, 1.807) is 7.05 Å². The van der Waals surface area contributed by atoms with E-state index in [9.17, 15) is 9.59 Å². The van der Waals surface area contributed by atoms with E-state index in [1.165, 1.54) is 5.56 Å². The van der Waals surface area contributed by atoms with Crippen molar-refractivity contribution in [3.05, 3.63) is 35.9 Å². The molecule has 1 aliphatic heterocycles. The maximum absolute atomic E-state index is 13.0. The molecule has 5 nitrogen and oxygen atoms in total. The molecule has 1 aromatic rings. The Balaban J connectivity index is 2.16. The molecule has 1 aromatic carbocycles. The molecular weight excluding hydrogens is 316 g/mol. The molecule has 0 aromatic heterocycles. The summed E-state index contributed by atoms with van der Waals surface area (Å²) in [6, 6.07) is 9.89. The van der Waals surface area contributed by atoms with Gasteiger partial charge in [0, 0.05) is 26.3 Å². The van der Waals surface area contributed by atoms with Gasteiger partial charge in [0.1, 0.15) is 5.60 Å². The fourth-order valence-corrected chi connectivity index (χ4v) is 3.63. The van der Waals surface area contributed by atoms with Gasteiger partial charge in [0.05, 0.1) is 13.1 Å². The lowest BCUT2D eigenvalue weighted by molar-refractivity contribution is -0.861. The Bertz CT molecular complexity index is 595. The van der Waals surface area contributed by atoms with Crippen LogP contribution in [-0.2, 0) is 16.0 Å². The van der Waals surface area contributed by atoms with Gasteiger partial charge in [-0.05, 0) is 32.8 Å². The van der Waals surface area contributed by atoms with E-state index in [2.05, 4.69) is 17.4 Å². The molecule has 2 rings (SSSR count). The number of ether oxygens (including phenoxy) is 1. The van der Waals surface area contributed by atoms with Crippen molar-refractivity contribution in [1.82, 2.24) is 5.32 Å². The van der Waals surface area contributed by atoms with E-state index in [0.29, 0.717) is 13.1 Å². The molecule has 1 fully saturated rings. The molecule has 25 heavy (non-hydrogen) atoms. The third-order valence-electron chi connectivity index (χ3n) is 4.80. The highest BCUT2D eigenvalue weighted by Crippen LogP contribution is 2.31. The lowest BCUT2D eigenvalue weighted by Gasteiger charge is -2.37. The van der Waals surface area contributed by atoms with Crippen LogP contribution in [0.25, 0.3) is 0 Å². The number of nitrogens with zero attached hydrogens (tertiary/aromatic N) is 1. The standard InChI is InChI=1S/C20H30N2O3/c1-20(2,3)25-19(24)22(15-9-13-17(22)18(23)21-4)14-8-12-16-10-6-5-7-11-16/h5-7,10-11,17H,8-9,12-15H2,1-4H3/p+1/t17-,22?/m0/s1. The van der Waals surface area contributed by atoms with Crippen LogP contribution in [0.2, 0.25) is 0 Å². The predicted octanol–water partition coefficient (Wildman–Crippen LogP) is 3.28. The first-order valence-corrected chi connectivity index (χ1v) is 9.14. The van der Waals surface area contributed by atoms with Crippen LogP contribution in [0, 0.1) is 0 Å². The Kier molecular flexibility index (Phi) is 6.22. The van der Waals surface area contributed by atoms with E-state index in [1.807, 2.05) is 39.0 Å². The van der Waals surface area contributed by atoms with E-state index in [0.717, 1.165) is 25.7 Å². The number of aryl methyl sites for hydroxylation is 1. The Morgan fingerprint density at radius 2 is 1.92 bits per heavy atom. The van der Waals surface area contributed by atoms with Crippen molar-refractivity contribution in [3.8, 4) is 0 Å². The van der Waals surface area contributed by atoms with Gasteiger partial charge >= 0.3 is 6.09 Å². The molecule has 0 spiro atoms. The van der Waals surface area contributed by atoms with Gasteiger partial charge in [-0.3, -0.25) is 4.79 Å². The molecular formula is C20H31N2O3+. The van der Waals surface area contributed by atoms with Gasteiger partial charge in [-0.2, -0.15) is 4.79 Å². The summed E-state index contributed by atoms with van der Waals surface area (Å²) in [5.41, 5.74) is 0.693.